The number of aryl methyl sites for hydroxylation is 2. The first kappa shape index (κ1) is 26.1. The first-order valence-corrected chi connectivity index (χ1v) is 15.2. The van der Waals surface area contributed by atoms with Crippen molar-refractivity contribution in [1.82, 2.24) is 4.98 Å². The van der Waals surface area contributed by atoms with E-state index in [-0.39, 0.29) is 0 Å². The van der Waals surface area contributed by atoms with Gasteiger partial charge in [0.15, 0.2) is 0 Å². The number of hydrogen-bond donors (Lipinski definition) is 0. The lowest BCUT2D eigenvalue weighted by Gasteiger charge is -2.19. The van der Waals surface area contributed by atoms with Crippen molar-refractivity contribution >= 4 is 32.3 Å². The van der Waals surface area contributed by atoms with E-state index >= 15 is 0 Å². The van der Waals surface area contributed by atoms with Gasteiger partial charge in [-0.25, -0.2) is 0 Å². The molecule has 0 fully saturated rings. The van der Waals surface area contributed by atoms with Crippen LogP contribution in [-0.2, 0) is 0 Å². The van der Waals surface area contributed by atoms with Gasteiger partial charge in [0.2, 0.25) is 0 Å². The normalized spacial score (nSPS) is 11.4. The van der Waals surface area contributed by atoms with Crippen molar-refractivity contribution < 1.29 is 0 Å². The number of rotatable bonds is 4. The molecule has 0 spiro atoms. The van der Waals surface area contributed by atoms with Crippen molar-refractivity contribution in [3.8, 4) is 44.6 Å². The van der Waals surface area contributed by atoms with Gasteiger partial charge in [0, 0.05) is 11.3 Å². The number of benzene rings is 7. The number of aromatic nitrogens is 1. The molecule has 0 aliphatic heterocycles. The summed E-state index contributed by atoms with van der Waals surface area (Å²) in [6.07, 6.45) is 0. The van der Waals surface area contributed by atoms with Crippen molar-refractivity contribution in [2.75, 3.05) is 0 Å². The van der Waals surface area contributed by atoms with Crippen LogP contribution in [-0.4, -0.2) is 4.98 Å². The van der Waals surface area contributed by atoms with E-state index in [0.717, 1.165) is 17.0 Å². The zero-order valence-corrected chi connectivity index (χ0v) is 24.9. The van der Waals surface area contributed by atoms with Crippen molar-refractivity contribution in [3.63, 3.8) is 0 Å². The molecule has 208 valence electrons. The van der Waals surface area contributed by atoms with Crippen LogP contribution >= 0.6 is 0 Å². The highest BCUT2D eigenvalue weighted by atomic mass is 14.7. The van der Waals surface area contributed by atoms with E-state index in [1.807, 2.05) is 13.0 Å². The van der Waals surface area contributed by atoms with Crippen LogP contribution in [0.1, 0.15) is 11.3 Å². The van der Waals surface area contributed by atoms with Gasteiger partial charge in [-0.2, -0.15) is 0 Å². The average molecular weight is 562 g/mol. The Kier molecular flexibility index (Phi) is 6.31. The summed E-state index contributed by atoms with van der Waals surface area (Å²) < 4.78 is 0. The zero-order valence-electron chi connectivity index (χ0n) is 24.9. The third-order valence-electron chi connectivity index (χ3n) is 8.82. The quantitative estimate of drug-likeness (QED) is 0.195. The Morgan fingerprint density at radius 1 is 0.364 bits per heavy atom. The topological polar surface area (TPSA) is 12.9 Å². The maximum absolute atomic E-state index is 4.82. The Bertz CT molecular complexity index is 2290. The number of nitrogens with zero attached hydrogens (tertiary/aromatic N) is 1. The van der Waals surface area contributed by atoms with E-state index < -0.39 is 0 Å². The molecule has 44 heavy (non-hydrogen) atoms. The summed E-state index contributed by atoms with van der Waals surface area (Å²) in [5.74, 6) is 0. The molecule has 0 unspecified atom stereocenters. The molecular weight excluding hydrogens is 530 g/mol. The van der Waals surface area contributed by atoms with Gasteiger partial charge < -0.3 is 0 Å². The summed E-state index contributed by atoms with van der Waals surface area (Å²) >= 11 is 0. The molecule has 1 heteroatoms. The predicted octanol–water partition coefficient (Wildman–Crippen LogP) is 11.8. The molecule has 0 aliphatic rings. The van der Waals surface area contributed by atoms with Crippen LogP contribution in [0.25, 0.3) is 77.0 Å². The standard InChI is InChI=1S/C43H31N/c1-28-23-25-30(26-24-28)33-18-9-20-35-34(33)19-10-21-36(35)43-39-16-5-3-14-37(39)42(38-15-4-6-17-40(38)43)32-13-8-12-31(27-32)41-22-7-11-29(2)44-41/h3-27H,1-2H3. The summed E-state index contributed by atoms with van der Waals surface area (Å²) in [6, 6.07) is 55.2. The van der Waals surface area contributed by atoms with E-state index in [1.165, 1.54) is 71.3 Å². The molecule has 0 saturated carbocycles. The fraction of sp³-hybridized carbons (Fsp3) is 0.0465. The molecule has 1 heterocycles. The van der Waals surface area contributed by atoms with Gasteiger partial charge in [-0.1, -0.05) is 139 Å². The minimum atomic E-state index is 0.997. The van der Waals surface area contributed by atoms with Crippen LogP contribution in [0.15, 0.2) is 152 Å². The molecule has 8 rings (SSSR count). The van der Waals surface area contributed by atoms with Gasteiger partial charge in [-0.05, 0) is 97.7 Å². The Morgan fingerprint density at radius 3 is 1.55 bits per heavy atom. The van der Waals surface area contributed by atoms with E-state index in [9.17, 15) is 0 Å². The maximum atomic E-state index is 4.82. The van der Waals surface area contributed by atoms with E-state index in [0.29, 0.717) is 0 Å². The summed E-state index contributed by atoms with van der Waals surface area (Å²) in [5, 5.41) is 7.55. The third kappa shape index (κ3) is 4.37. The summed E-state index contributed by atoms with van der Waals surface area (Å²) in [5.41, 5.74) is 11.9. The van der Waals surface area contributed by atoms with Crippen LogP contribution in [0, 0.1) is 13.8 Å². The highest BCUT2D eigenvalue weighted by Gasteiger charge is 2.19. The molecule has 0 N–H and O–H groups in total. The lowest BCUT2D eigenvalue weighted by atomic mass is 9.84. The predicted molar refractivity (Wildman–Crippen MR) is 188 cm³/mol. The van der Waals surface area contributed by atoms with Crippen LogP contribution in [0.2, 0.25) is 0 Å². The lowest BCUT2D eigenvalue weighted by molar-refractivity contribution is 1.21. The molecule has 0 atom stereocenters. The van der Waals surface area contributed by atoms with Crippen LogP contribution in [0.3, 0.4) is 0 Å². The van der Waals surface area contributed by atoms with Crippen LogP contribution in [0.5, 0.6) is 0 Å². The molecule has 0 radical (unpaired) electrons. The van der Waals surface area contributed by atoms with Gasteiger partial charge >= 0.3 is 0 Å². The highest BCUT2D eigenvalue weighted by molar-refractivity contribution is 6.24. The Hall–Kier alpha value is -5.53. The first-order chi connectivity index (χ1) is 21.7. The second kappa shape index (κ2) is 10.6. The smallest absolute Gasteiger partial charge is 0.0705 e. The Balaban J connectivity index is 1.42. The van der Waals surface area contributed by atoms with E-state index in [1.54, 1.807) is 0 Å². The van der Waals surface area contributed by atoms with E-state index in [2.05, 4.69) is 153 Å². The molecule has 7 aromatic carbocycles. The minimum Gasteiger partial charge on any atom is -0.253 e. The first-order valence-electron chi connectivity index (χ1n) is 15.2. The zero-order chi connectivity index (χ0) is 29.6. The Morgan fingerprint density at radius 2 is 0.886 bits per heavy atom. The van der Waals surface area contributed by atoms with Gasteiger partial charge in [0.25, 0.3) is 0 Å². The molecule has 8 aromatic rings. The second-order valence-corrected chi connectivity index (χ2v) is 11.7. The molecule has 0 amide bonds. The van der Waals surface area contributed by atoms with Gasteiger partial charge in [-0.15, -0.1) is 0 Å². The lowest BCUT2D eigenvalue weighted by Crippen LogP contribution is -1.93. The van der Waals surface area contributed by atoms with Crippen molar-refractivity contribution in [1.29, 1.82) is 0 Å². The van der Waals surface area contributed by atoms with Gasteiger partial charge in [0.1, 0.15) is 0 Å². The van der Waals surface area contributed by atoms with Gasteiger partial charge in [0.05, 0.1) is 5.69 Å². The van der Waals surface area contributed by atoms with E-state index in [4.69, 9.17) is 4.98 Å². The fourth-order valence-electron chi connectivity index (χ4n) is 6.78. The number of fused-ring (bicyclic) bond motifs is 3. The summed E-state index contributed by atoms with van der Waals surface area (Å²) in [7, 11) is 0. The molecule has 0 bridgehead atoms. The fourth-order valence-corrected chi connectivity index (χ4v) is 6.78. The average Bonchev–Trinajstić information content (AvgIpc) is 3.07. The SMILES string of the molecule is Cc1ccc(-c2cccc3c(-c4c5ccccc5c(-c5cccc(-c6cccc(C)n6)c5)c5ccccc45)cccc23)cc1. The van der Waals surface area contributed by atoms with Crippen molar-refractivity contribution in [2.45, 2.75) is 13.8 Å². The Labute approximate surface area is 258 Å². The summed E-state index contributed by atoms with van der Waals surface area (Å²) in [4.78, 5) is 4.82. The molecular formula is C43H31N. The largest absolute Gasteiger partial charge is 0.253 e. The maximum Gasteiger partial charge on any atom is 0.0705 e. The number of hydrogen-bond acceptors (Lipinski definition) is 1. The molecule has 0 saturated heterocycles. The van der Waals surface area contributed by atoms with Crippen molar-refractivity contribution in [2.24, 2.45) is 0 Å². The van der Waals surface area contributed by atoms with Crippen molar-refractivity contribution in [3.05, 3.63) is 163 Å². The highest BCUT2D eigenvalue weighted by Crippen LogP contribution is 2.46. The van der Waals surface area contributed by atoms with Crippen LogP contribution < -0.4 is 0 Å². The monoisotopic (exact) mass is 561 g/mol. The van der Waals surface area contributed by atoms with Crippen LogP contribution in [0.4, 0.5) is 0 Å². The minimum absolute atomic E-state index is 0.997. The third-order valence-corrected chi connectivity index (χ3v) is 8.82. The molecule has 0 aliphatic carbocycles. The molecule has 1 aromatic heterocycles. The van der Waals surface area contributed by atoms with Gasteiger partial charge in [-0.3, -0.25) is 4.98 Å². The summed E-state index contributed by atoms with van der Waals surface area (Å²) in [6.45, 7) is 4.19. The number of pyridine rings is 1. The molecule has 1 nitrogen and oxygen atoms in total. The second-order valence-electron chi connectivity index (χ2n) is 11.7.